The van der Waals surface area contributed by atoms with Crippen LogP contribution in [0, 0.1) is 0 Å². The number of nitrogens with zero attached hydrogens (tertiary/aromatic N) is 1. The van der Waals surface area contributed by atoms with Gasteiger partial charge in [-0.15, -0.1) is 0 Å². The topological polar surface area (TPSA) is 95.9 Å². The van der Waals surface area contributed by atoms with Gasteiger partial charge in [-0.3, -0.25) is 9.59 Å². The first kappa shape index (κ1) is 24.3. The number of carboxylic acid groups (broad SMARTS) is 1. The highest BCUT2D eigenvalue weighted by atomic mass is 16.5. The number of benzene rings is 2. The number of ether oxygens (including phenoxy) is 1. The molecule has 0 fully saturated rings. The van der Waals surface area contributed by atoms with Gasteiger partial charge in [0.15, 0.2) is 0 Å². The van der Waals surface area contributed by atoms with Crippen LogP contribution >= 0.6 is 0 Å². The zero-order valence-electron chi connectivity index (χ0n) is 19.4. The molecule has 1 aliphatic rings. The molecule has 2 amide bonds. The predicted molar refractivity (Wildman–Crippen MR) is 126 cm³/mol. The average Bonchev–Trinajstić information content (AvgIpc) is 3.10. The summed E-state index contributed by atoms with van der Waals surface area (Å²) in [4.78, 5) is 37.7. The van der Waals surface area contributed by atoms with E-state index in [2.05, 4.69) is 29.6 Å². The van der Waals surface area contributed by atoms with E-state index in [9.17, 15) is 14.4 Å². The molecule has 176 valence electrons. The molecule has 0 saturated heterocycles. The van der Waals surface area contributed by atoms with E-state index in [0.717, 1.165) is 22.3 Å². The van der Waals surface area contributed by atoms with E-state index >= 15 is 0 Å². The SMILES string of the molecule is CC[C@H](CC(=O)N(CCC(=O)O)C(C)C)NC(=O)OCC1c2ccccc2-c2ccccc21. The second-order valence-electron chi connectivity index (χ2n) is 8.60. The number of aliphatic carboxylic acids is 1. The van der Waals surface area contributed by atoms with Crippen molar-refractivity contribution in [2.75, 3.05) is 13.2 Å². The fraction of sp³-hybridized carbons (Fsp3) is 0.423. The number of hydrogen-bond acceptors (Lipinski definition) is 4. The molecular weight excluding hydrogens is 420 g/mol. The van der Waals surface area contributed by atoms with Crippen molar-refractivity contribution < 1.29 is 24.2 Å². The minimum Gasteiger partial charge on any atom is -0.481 e. The number of nitrogens with one attached hydrogen (secondary N) is 1. The van der Waals surface area contributed by atoms with Crippen LogP contribution in [-0.4, -0.2) is 53.2 Å². The smallest absolute Gasteiger partial charge is 0.407 e. The first-order valence-corrected chi connectivity index (χ1v) is 11.4. The van der Waals surface area contributed by atoms with E-state index in [1.165, 1.54) is 4.90 Å². The molecule has 0 saturated carbocycles. The molecule has 0 aromatic heterocycles. The van der Waals surface area contributed by atoms with Gasteiger partial charge >= 0.3 is 12.1 Å². The number of amides is 2. The van der Waals surface area contributed by atoms with E-state index in [1.807, 2.05) is 45.0 Å². The molecule has 0 bridgehead atoms. The van der Waals surface area contributed by atoms with E-state index in [0.29, 0.717) is 6.42 Å². The lowest BCUT2D eigenvalue weighted by molar-refractivity contribution is -0.139. The number of rotatable bonds is 10. The Morgan fingerprint density at radius 3 is 2.12 bits per heavy atom. The van der Waals surface area contributed by atoms with E-state index < -0.39 is 12.1 Å². The third-order valence-electron chi connectivity index (χ3n) is 6.09. The molecular formula is C26H32N2O5. The van der Waals surface area contributed by atoms with Gasteiger partial charge in [-0.2, -0.15) is 0 Å². The summed E-state index contributed by atoms with van der Waals surface area (Å²) in [5, 5.41) is 11.7. The van der Waals surface area contributed by atoms with Gasteiger partial charge < -0.3 is 20.1 Å². The molecule has 33 heavy (non-hydrogen) atoms. The zero-order valence-corrected chi connectivity index (χ0v) is 19.4. The summed E-state index contributed by atoms with van der Waals surface area (Å²) in [6.07, 6.45) is -0.0158. The predicted octanol–water partition coefficient (Wildman–Crippen LogP) is 4.41. The van der Waals surface area contributed by atoms with E-state index in [1.54, 1.807) is 0 Å². The standard InChI is InChI=1S/C26H32N2O5/c1-4-18(15-24(29)28(17(2)3)14-13-25(30)31)27-26(32)33-16-23-21-11-7-5-9-19(21)20-10-6-8-12-22(20)23/h5-12,17-18,23H,4,13-16H2,1-3H3,(H,27,32)(H,30,31)/t18-/m1/s1. The van der Waals surface area contributed by atoms with Gasteiger partial charge in [0, 0.05) is 31.0 Å². The van der Waals surface area contributed by atoms with Crippen LogP contribution in [0.3, 0.4) is 0 Å². The van der Waals surface area contributed by atoms with Gasteiger partial charge in [-0.25, -0.2) is 4.79 Å². The van der Waals surface area contributed by atoms with Crippen molar-refractivity contribution >= 4 is 18.0 Å². The van der Waals surface area contributed by atoms with Crippen LogP contribution in [0.15, 0.2) is 48.5 Å². The maximum atomic E-state index is 12.7. The van der Waals surface area contributed by atoms with Crippen LogP contribution in [0.25, 0.3) is 11.1 Å². The Kier molecular flexibility index (Phi) is 8.09. The zero-order chi connectivity index (χ0) is 24.0. The van der Waals surface area contributed by atoms with Crippen LogP contribution in [0.2, 0.25) is 0 Å². The molecule has 0 spiro atoms. The molecule has 1 aliphatic carbocycles. The minimum atomic E-state index is -0.947. The molecule has 0 radical (unpaired) electrons. The van der Waals surface area contributed by atoms with Crippen LogP contribution in [0.1, 0.15) is 57.1 Å². The fourth-order valence-corrected chi connectivity index (χ4v) is 4.32. The van der Waals surface area contributed by atoms with Crippen LogP contribution < -0.4 is 5.32 Å². The van der Waals surface area contributed by atoms with Gasteiger partial charge in [0.25, 0.3) is 0 Å². The molecule has 1 atom stereocenters. The lowest BCUT2D eigenvalue weighted by Gasteiger charge is -2.28. The van der Waals surface area contributed by atoms with Gasteiger partial charge in [-0.05, 0) is 42.5 Å². The first-order chi connectivity index (χ1) is 15.8. The second-order valence-corrected chi connectivity index (χ2v) is 8.60. The van der Waals surface area contributed by atoms with E-state index in [4.69, 9.17) is 9.84 Å². The summed E-state index contributed by atoms with van der Waals surface area (Å²) >= 11 is 0. The van der Waals surface area contributed by atoms with Crippen LogP contribution in [0.4, 0.5) is 4.79 Å². The Bertz CT molecular complexity index is 958. The Morgan fingerprint density at radius 2 is 1.61 bits per heavy atom. The monoisotopic (exact) mass is 452 g/mol. The summed E-state index contributed by atoms with van der Waals surface area (Å²) in [5.74, 6) is -1.16. The molecule has 2 N–H and O–H groups in total. The summed E-state index contributed by atoms with van der Waals surface area (Å²) in [6.45, 7) is 5.94. The lowest BCUT2D eigenvalue weighted by Crippen LogP contribution is -2.44. The van der Waals surface area contributed by atoms with Crippen molar-refractivity contribution in [1.29, 1.82) is 0 Å². The largest absolute Gasteiger partial charge is 0.481 e. The number of carbonyl (C=O) groups is 3. The van der Waals surface area contributed by atoms with Crippen LogP contribution in [-0.2, 0) is 14.3 Å². The van der Waals surface area contributed by atoms with Crippen molar-refractivity contribution in [3.63, 3.8) is 0 Å². The van der Waals surface area contributed by atoms with E-state index in [-0.39, 0.29) is 49.9 Å². The number of carboxylic acids is 1. The van der Waals surface area contributed by atoms with Crippen molar-refractivity contribution in [3.8, 4) is 11.1 Å². The summed E-state index contributed by atoms with van der Waals surface area (Å²) in [6, 6.07) is 15.8. The number of alkyl carbamates (subject to hydrolysis) is 1. The van der Waals surface area contributed by atoms with Gasteiger partial charge in [0.05, 0.1) is 6.42 Å². The number of hydrogen-bond donors (Lipinski definition) is 2. The molecule has 3 rings (SSSR count). The highest BCUT2D eigenvalue weighted by Gasteiger charge is 2.29. The molecule has 7 heteroatoms. The highest BCUT2D eigenvalue weighted by molar-refractivity contribution is 5.80. The molecule has 0 heterocycles. The maximum Gasteiger partial charge on any atom is 0.407 e. The van der Waals surface area contributed by atoms with Crippen molar-refractivity contribution in [3.05, 3.63) is 59.7 Å². The van der Waals surface area contributed by atoms with Gasteiger partial charge in [-0.1, -0.05) is 55.5 Å². The first-order valence-electron chi connectivity index (χ1n) is 11.4. The molecule has 2 aromatic rings. The average molecular weight is 453 g/mol. The fourth-order valence-electron chi connectivity index (χ4n) is 4.32. The quantitative estimate of drug-likeness (QED) is 0.557. The Labute approximate surface area is 194 Å². The third-order valence-corrected chi connectivity index (χ3v) is 6.09. The molecule has 7 nitrogen and oxygen atoms in total. The number of fused-ring (bicyclic) bond motifs is 3. The van der Waals surface area contributed by atoms with Crippen LogP contribution in [0.5, 0.6) is 0 Å². The Morgan fingerprint density at radius 1 is 1.03 bits per heavy atom. The highest BCUT2D eigenvalue weighted by Crippen LogP contribution is 2.44. The van der Waals surface area contributed by atoms with Gasteiger partial charge in [0.2, 0.25) is 5.91 Å². The normalized spacial score (nSPS) is 13.2. The maximum absolute atomic E-state index is 12.7. The van der Waals surface area contributed by atoms with Crippen molar-refractivity contribution in [1.82, 2.24) is 10.2 Å². The Balaban J connectivity index is 1.58. The summed E-state index contributed by atoms with van der Waals surface area (Å²) < 4.78 is 5.59. The molecule has 2 aromatic carbocycles. The third kappa shape index (κ3) is 5.92. The summed E-state index contributed by atoms with van der Waals surface area (Å²) in [7, 11) is 0. The number of carbonyl (C=O) groups excluding carboxylic acids is 2. The summed E-state index contributed by atoms with van der Waals surface area (Å²) in [5.41, 5.74) is 4.60. The minimum absolute atomic E-state index is 0.0303. The molecule has 0 aliphatic heterocycles. The van der Waals surface area contributed by atoms with Gasteiger partial charge in [0.1, 0.15) is 6.61 Å². The molecule has 0 unspecified atom stereocenters. The Hall–Kier alpha value is -3.35. The van der Waals surface area contributed by atoms with Crippen molar-refractivity contribution in [2.45, 2.75) is 58.0 Å². The lowest BCUT2D eigenvalue weighted by atomic mass is 9.98. The second kappa shape index (κ2) is 11.0. The van der Waals surface area contributed by atoms with Crippen molar-refractivity contribution in [2.24, 2.45) is 0 Å².